The van der Waals surface area contributed by atoms with E-state index in [-0.39, 0.29) is 55.5 Å². The lowest BCUT2D eigenvalue weighted by molar-refractivity contribution is -0.127. The number of rotatable bonds is 17. The Bertz CT molecular complexity index is 1620. The van der Waals surface area contributed by atoms with Gasteiger partial charge in [0.25, 0.3) is 0 Å². The van der Waals surface area contributed by atoms with Gasteiger partial charge < -0.3 is 34.5 Å². The zero-order chi connectivity index (χ0) is 36.2. The minimum absolute atomic E-state index is 0.0145. The van der Waals surface area contributed by atoms with Crippen LogP contribution in [0.25, 0.3) is 0 Å². The average Bonchev–Trinajstić information content (AvgIpc) is 3.82. The topological polar surface area (TPSA) is 164 Å². The second-order valence-corrected chi connectivity index (χ2v) is 16.9. The summed E-state index contributed by atoms with van der Waals surface area (Å²) in [4.78, 5) is 26.6. The molecule has 4 aliphatic rings. The number of aliphatic hydroxyl groups excluding tert-OH is 1. The Kier molecular flexibility index (Phi) is 11.8. The first kappa shape index (κ1) is 37.3. The number of sulfonamides is 1. The van der Waals surface area contributed by atoms with Gasteiger partial charge in [0.15, 0.2) is 17.8 Å². The molecule has 14 heteroatoms. The fourth-order valence-corrected chi connectivity index (χ4v) is 9.27. The molecule has 0 spiro atoms. The molecule has 6 rings (SSSR count). The molecule has 0 radical (unpaired) electrons. The van der Waals surface area contributed by atoms with Crippen molar-refractivity contribution in [2.75, 3.05) is 39.6 Å². The molecule has 3 N–H and O–H groups in total. The molecular formula is C37H51N3O10S. The van der Waals surface area contributed by atoms with Crippen LogP contribution in [0.15, 0.2) is 53.4 Å². The molecule has 3 heterocycles. The van der Waals surface area contributed by atoms with Crippen LogP contribution in [0.1, 0.15) is 64.4 Å². The third-order valence-corrected chi connectivity index (χ3v) is 12.5. The number of nitrogens with zero attached hydrogens (tertiary/aromatic N) is 2. The van der Waals surface area contributed by atoms with Gasteiger partial charge in [0.1, 0.15) is 0 Å². The molecule has 0 aromatic heterocycles. The standard InChI is InChI=1S/C37H51N3O10S/c1-37(2,16-6-7-17-38-34(42)26-11-8-12-26)23-39(51(45,46)27-13-14-32-33(20-27)50-24-49-32)21-31(41)29(19-25-9-4-3-5-10-25)40(36(43)44)30-22-48-35-28(30)15-18-47-35/h3-5,9-10,13-14,20,26,28-31,35,41H,6-8,11-12,15-19,21-24H2,1-2H3,(H,38,42)(H,43,44)/t28-,29-,30-,31+,35+/m0/s1. The van der Waals surface area contributed by atoms with Crippen LogP contribution in [0.4, 0.5) is 4.79 Å². The van der Waals surface area contributed by atoms with E-state index in [0.717, 1.165) is 37.7 Å². The van der Waals surface area contributed by atoms with E-state index >= 15 is 0 Å². The quantitative estimate of drug-likeness (QED) is 0.201. The lowest BCUT2D eigenvalue weighted by Crippen LogP contribution is -2.58. The summed E-state index contributed by atoms with van der Waals surface area (Å²) in [5.74, 6) is 0.792. The van der Waals surface area contributed by atoms with E-state index in [9.17, 15) is 28.2 Å². The largest absolute Gasteiger partial charge is 0.465 e. The highest BCUT2D eigenvalue weighted by Crippen LogP contribution is 2.38. The number of hydrogen-bond acceptors (Lipinski definition) is 9. The van der Waals surface area contributed by atoms with Crippen LogP contribution >= 0.6 is 0 Å². The van der Waals surface area contributed by atoms with E-state index in [4.69, 9.17) is 18.9 Å². The van der Waals surface area contributed by atoms with Gasteiger partial charge in [-0.05, 0) is 61.6 Å². The first-order valence-corrected chi connectivity index (χ1v) is 19.5. The van der Waals surface area contributed by atoms with Gasteiger partial charge in [-0.15, -0.1) is 0 Å². The van der Waals surface area contributed by atoms with Crippen LogP contribution in [-0.4, -0.2) is 104 Å². The molecule has 3 aliphatic heterocycles. The third kappa shape index (κ3) is 8.79. The van der Waals surface area contributed by atoms with E-state index in [1.807, 2.05) is 44.2 Å². The summed E-state index contributed by atoms with van der Waals surface area (Å²) in [6.07, 6.45) is 2.81. The maximum absolute atomic E-state index is 14.5. The van der Waals surface area contributed by atoms with E-state index in [1.54, 1.807) is 6.07 Å². The number of carbonyl (C=O) groups is 2. The molecule has 280 valence electrons. The maximum Gasteiger partial charge on any atom is 0.407 e. The first-order valence-electron chi connectivity index (χ1n) is 18.1. The summed E-state index contributed by atoms with van der Waals surface area (Å²) in [6, 6.07) is 12.2. The van der Waals surface area contributed by atoms with Crippen LogP contribution < -0.4 is 14.8 Å². The molecular weight excluding hydrogens is 678 g/mol. The normalized spacial score (nSPS) is 22.7. The minimum atomic E-state index is -4.22. The summed E-state index contributed by atoms with van der Waals surface area (Å²) in [5.41, 5.74) is 0.275. The molecule has 5 atom stereocenters. The zero-order valence-corrected chi connectivity index (χ0v) is 30.3. The van der Waals surface area contributed by atoms with E-state index in [2.05, 4.69) is 5.32 Å². The van der Waals surface area contributed by atoms with Crippen molar-refractivity contribution in [3.05, 3.63) is 54.1 Å². The Labute approximate surface area is 300 Å². The Morgan fingerprint density at radius 2 is 1.78 bits per heavy atom. The third-order valence-electron chi connectivity index (χ3n) is 10.7. The average molecular weight is 730 g/mol. The first-order chi connectivity index (χ1) is 24.4. The Morgan fingerprint density at radius 1 is 1.02 bits per heavy atom. The number of aliphatic hydroxyl groups is 1. The molecule has 2 aromatic carbocycles. The van der Waals surface area contributed by atoms with Crippen molar-refractivity contribution < 1.29 is 47.2 Å². The molecule has 2 amide bonds. The van der Waals surface area contributed by atoms with Crippen molar-refractivity contribution >= 4 is 22.0 Å². The van der Waals surface area contributed by atoms with Gasteiger partial charge in [-0.2, -0.15) is 4.31 Å². The summed E-state index contributed by atoms with van der Waals surface area (Å²) in [7, 11) is -4.22. The van der Waals surface area contributed by atoms with Crippen molar-refractivity contribution in [3.8, 4) is 11.5 Å². The van der Waals surface area contributed by atoms with Gasteiger partial charge in [0, 0.05) is 37.5 Å². The summed E-state index contributed by atoms with van der Waals surface area (Å²) >= 11 is 0. The Balaban J connectivity index is 1.24. The molecule has 3 fully saturated rings. The summed E-state index contributed by atoms with van der Waals surface area (Å²) < 4.78 is 52.7. The smallest absolute Gasteiger partial charge is 0.407 e. The van der Waals surface area contributed by atoms with Crippen LogP contribution in [0.2, 0.25) is 0 Å². The summed E-state index contributed by atoms with van der Waals surface area (Å²) in [5, 5.41) is 25.8. The molecule has 2 aromatic rings. The summed E-state index contributed by atoms with van der Waals surface area (Å²) in [6.45, 7) is 4.79. The Hall–Kier alpha value is -3.43. The van der Waals surface area contributed by atoms with Gasteiger partial charge >= 0.3 is 6.09 Å². The molecule has 0 bridgehead atoms. The zero-order valence-electron chi connectivity index (χ0n) is 29.4. The van der Waals surface area contributed by atoms with E-state index in [0.29, 0.717) is 37.5 Å². The van der Waals surface area contributed by atoms with Crippen molar-refractivity contribution in [1.29, 1.82) is 0 Å². The van der Waals surface area contributed by atoms with Crippen LogP contribution in [-0.2, 0) is 30.7 Å². The second-order valence-electron chi connectivity index (χ2n) is 15.0. The molecule has 51 heavy (non-hydrogen) atoms. The number of hydrogen-bond donors (Lipinski definition) is 3. The number of unbranched alkanes of at least 4 members (excludes halogenated alkanes) is 1. The monoisotopic (exact) mass is 729 g/mol. The Morgan fingerprint density at radius 3 is 2.51 bits per heavy atom. The molecule has 0 unspecified atom stereocenters. The second kappa shape index (κ2) is 16.1. The number of amides is 2. The number of fused-ring (bicyclic) bond motifs is 2. The van der Waals surface area contributed by atoms with Gasteiger partial charge in [-0.1, -0.05) is 57.0 Å². The van der Waals surface area contributed by atoms with Gasteiger partial charge in [0.2, 0.25) is 22.7 Å². The van der Waals surface area contributed by atoms with Gasteiger partial charge in [-0.3, -0.25) is 9.69 Å². The van der Waals surface area contributed by atoms with Crippen molar-refractivity contribution in [2.24, 2.45) is 17.3 Å². The van der Waals surface area contributed by atoms with E-state index < -0.39 is 46.0 Å². The number of benzene rings is 2. The molecule has 2 saturated heterocycles. The molecule has 13 nitrogen and oxygen atoms in total. The predicted molar refractivity (Wildman–Crippen MR) is 187 cm³/mol. The van der Waals surface area contributed by atoms with Crippen molar-refractivity contribution in [3.63, 3.8) is 0 Å². The van der Waals surface area contributed by atoms with Crippen molar-refractivity contribution in [1.82, 2.24) is 14.5 Å². The lowest BCUT2D eigenvalue weighted by Gasteiger charge is -2.40. The highest BCUT2D eigenvalue weighted by atomic mass is 32.2. The number of carbonyl (C=O) groups excluding carboxylic acids is 1. The lowest BCUT2D eigenvalue weighted by atomic mass is 9.84. The number of carboxylic acid groups (broad SMARTS) is 1. The van der Waals surface area contributed by atoms with Crippen LogP contribution in [0.3, 0.4) is 0 Å². The molecule has 1 aliphatic carbocycles. The molecule has 1 saturated carbocycles. The van der Waals surface area contributed by atoms with Crippen molar-refractivity contribution in [2.45, 2.75) is 94.6 Å². The highest BCUT2D eigenvalue weighted by Gasteiger charge is 2.49. The maximum atomic E-state index is 14.5. The van der Waals surface area contributed by atoms with Crippen LogP contribution in [0, 0.1) is 17.3 Å². The SMILES string of the molecule is CC(C)(CCCCNC(=O)C1CCC1)CN(C[C@@H](O)[C@H](Cc1ccccc1)N(C(=O)O)[C@H]1CO[C@H]2OCC[C@H]21)S(=O)(=O)c1ccc2c(c1)OCO2. The van der Waals surface area contributed by atoms with Gasteiger partial charge in [0.05, 0.1) is 36.3 Å². The predicted octanol–water partition coefficient (Wildman–Crippen LogP) is 4.23. The van der Waals surface area contributed by atoms with E-state index in [1.165, 1.54) is 21.3 Å². The number of nitrogens with one attached hydrogen (secondary N) is 1. The van der Waals surface area contributed by atoms with Crippen LogP contribution in [0.5, 0.6) is 11.5 Å². The highest BCUT2D eigenvalue weighted by molar-refractivity contribution is 7.89. The van der Waals surface area contributed by atoms with Gasteiger partial charge in [-0.25, -0.2) is 13.2 Å². The fraction of sp³-hybridized carbons (Fsp3) is 0.622. The fourth-order valence-electron chi connectivity index (χ4n) is 7.61. The number of ether oxygens (including phenoxy) is 4. The minimum Gasteiger partial charge on any atom is -0.465 e.